The van der Waals surface area contributed by atoms with E-state index in [0.29, 0.717) is 17.3 Å². The van der Waals surface area contributed by atoms with Crippen molar-refractivity contribution in [2.24, 2.45) is 0 Å². The van der Waals surface area contributed by atoms with Crippen molar-refractivity contribution in [2.75, 3.05) is 13.2 Å². The van der Waals surface area contributed by atoms with Crippen LogP contribution in [-0.2, 0) is 4.74 Å². The number of carbonyl (C=O) groups is 1. The Balaban J connectivity index is 1.74. The van der Waals surface area contributed by atoms with Crippen molar-refractivity contribution in [1.29, 1.82) is 0 Å². The topological polar surface area (TPSA) is 81.5 Å². The number of aromatic carboxylic acids is 1. The van der Waals surface area contributed by atoms with Crippen molar-refractivity contribution in [1.82, 2.24) is 9.97 Å². The van der Waals surface area contributed by atoms with Crippen LogP contribution in [0.2, 0.25) is 0 Å². The Morgan fingerprint density at radius 3 is 2.96 bits per heavy atom. The van der Waals surface area contributed by atoms with Crippen LogP contribution in [0.3, 0.4) is 0 Å². The summed E-state index contributed by atoms with van der Waals surface area (Å²) in [5.74, 6) is -0.171. The minimum Gasteiger partial charge on any atom is -0.487 e. The predicted molar refractivity (Wildman–Crippen MR) is 100 cm³/mol. The van der Waals surface area contributed by atoms with Gasteiger partial charge in [0, 0.05) is 23.7 Å². The monoisotopic (exact) mass is 388 g/mol. The molecule has 1 aliphatic heterocycles. The second-order valence-corrected chi connectivity index (χ2v) is 7.80. The number of nitrogens with zero attached hydrogens (tertiary/aromatic N) is 2. The van der Waals surface area contributed by atoms with Crippen molar-refractivity contribution in [3.05, 3.63) is 40.5 Å². The van der Waals surface area contributed by atoms with Gasteiger partial charge in [0.2, 0.25) is 0 Å². The fourth-order valence-corrected chi connectivity index (χ4v) is 4.36. The molecule has 1 aromatic carbocycles. The average molecular weight is 388 g/mol. The Kier molecular flexibility index (Phi) is 4.71. The van der Waals surface area contributed by atoms with Crippen molar-refractivity contribution in [2.45, 2.75) is 19.4 Å². The number of benzene rings is 1. The summed E-state index contributed by atoms with van der Waals surface area (Å²) < 4.78 is 11.5. The highest BCUT2D eigenvalue weighted by Gasteiger charge is 2.21. The largest absolute Gasteiger partial charge is 0.487 e. The van der Waals surface area contributed by atoms with E-state index in [4.69, 9.17) is 9.47 Å². The van der Waals surface area contributed by atoms with E-state index in [1.165, 1.54) is 22.7 Å². The Labute approximate surface area is 158 Å². The molecule has 0 unspecified atom stereocenters. The van der Waals surface area contributed by atoms with E-state index in [1.807, 2.05) is 18.2 Å². The van der Waals surface area contributed by atoms with Crippen LogP contribution >= 0.6 is 22.7 Å². The summed E-state index contributed by atoms with van der Waals surface area (Å²) >= 11 is 2.71. The van der Waals surface area contributed by atoms with Gasteiger partial charge in [-0.1, -0.05) is 0 Å². The van der Waals surface area contributed by atoms with E-state index >= 15 is 0 Å². The lowest BCUT2D eigenvalue weighted by Gasteiger charge is -2.15. The first-order valence-electron chi connectivity index (χ1n) is 8.10. The second-order valence-electron chi connectivity index (χ2n) is 5.92. The molecule has 0 aliphatic carbocycles. The van der Waals surface area contributed by atoms with Crippen molar-refractivity contribution >= 4 is 28.6 Å². The zero-order chi connectivity index (χ0) is 18.1. The van der Waals surface area contributed by atoms with E-state index in [9.17, 15) is 9.90 Å². The Hall–Kier alpha value is -2.29. The zero-order valence-electron chi connectivity index (χ0n) is 14.0. The van der Waals surface area contributed by atoms with Crippen LogP contribution in [0, 0.1) is 6.92 Å². The molecule has 3 heterocycles. The lowest BCUT2D eigenvalue weighted by atomic mass is 10.1. The summed E-state index contributed by atoms with van der Waals surface area (Å²) in [5.41, 5.74) is 4.10. The van der Waals surface area contributed by atoms with Crippen LogP contribution in [0.25, 0.3) is 21.0 Å². The predicted octanol–water partition coefficient (Wildman–Crippen LogP) is 4.11. The molecule has 8 heteroatoms. The molecular formula is C18H16N2O4S2. The third-order valence-corrected chi connectivity index (χ3v) is 6.10. The summed E-state index contributed by atoms with van der Waals surface area (Å²) in [6.45, 7) is 3.03. The van der Waals surface area contributed by atoms with Gasteiger partial charge < -0.3 is 14.6 Å². The standard InChI is InChI=1S/C18H16N2O4S2/c1-10-16(18(21)22)26-17(20-10)11-2-3-14(24-12-4-5-23-8-12)13(6-11)15-7-19-9-25-15/h2-3,6-7,9,12H,4-5,8H2,1H3,(H,21,22)/t12-/m1/s1. The molecule has 1 saturated heterocycles. The SMILES string of the molecule is Cc1nc(-c2ccc(O[C@@H]3CCOC3)c(-c3cncs3)c2)sc1C(=O)O. The molecule has 0 radical (unpaired) electrons. The molecule has 134 valence electrons. The summed E-state index contributed by atoms with van der Waals surface area (Å²) in [6.07, 6.45) is 2.72. The molecule has 26 heavy (non-hydrogen) atoms. The molecule has 0 spiro atoms. The fraction of sp³-hybridized carbons (Fsp3) is 0.278. The van der Waals surface area contributed by atoms with Crippen LogP contribution in [0.1, 0.15) is 21.8 Å². The fourth-order valence-electron chi connectivity index (χ4n) is 2.81. The Bertz CT molecular complexity index is 931. The van der Waals surface area contributed by atoms with E-state index < -0.39 is 5.97 Å². The molecule has 1 fully saturated rings. The highest BCUT2D eigenvalue weighted by molar-refractivity contribution is 7.17. The van der Waals surface area contributed by atoms with Gasteiger partial charge in [-0.05, 0) is 25.1 Å². The molecule has 2 aromatic heterocycles. The third kappa shape index (κ3) is 3.35. The Morgan fingerprint density at radius 1 is 1.42 bits per heavy atom. The lowest BCUT2D eigenvalue weighted by Crippen LogP contribution is -2.16. The van der Waals surface area contributed by atoms with Gasteiger partial charge in [-0.25, -0.2) is 9.78 Å². The quantitative estimate of drug-likeness (QED) is 0.708. The highest BCUT2D eigenvalue weighted by Crippen LogP contribution is 2.38. The van der Waals surface area contributed by atoms with Crippen LogP contribution in [-0.4, -0.2) is 40.4 Å². The highest BCUT2D eigenvalue weighted by atomic mass is 32.1. The normalized spacial score (nSPS) is 16.7. The van der Waals surface area contributed by atoms with Crippen molar-refractivity contribution in [3.8, 4) is 26.8 Å². The van der Waals surface area contributed by atoms with Crippen molar-refractivity contribution in [3.63, 3.8) is 0 Å². The zero-order valence-corrected chi connectivity index (χ0v) is 15.6. The van der Waals surface area contributed by atoms with Gasteiger partial charge >= 0.3 is 5.97 Å². The number of aromatic nitrogens is 2. The second kappa shape index (κ2) is 7.14. The van der Waals surface area contributed by atoms with Crippen LogP contribution in [0.4, 0.5) is 0 Å². The molecule has 0 bridgehead atoms. The minimum atomic E-state index is -0.949. The third-order valence-electron chi connectivity index (χ3n) is 4.10. The van der Waals surface area contributed by atoms with E-state index in [0.717, 1.165) is 34.8 Å². The van der Waals surface area contributed by atoms with Crippen LogP contribution in [0.15, 0.2) is 29.9 Å². The number of carboxylic acids is 1. The van der Waals surface area contributed by atoms with Gasteiger partial charge in [0.05, 0.1) is 29.3 Å². The van der Waals surface area contributed by atoms with Gasteiger partial charge in [0.25, 0.3) is 0 Å². The minimum absolute atomic E-state index is 0.0493. The Morgan fingerprint density at radius 2 is 2.31 bits per heavy atom. The molecule has 3 aromatic rings. The van der Waals surface area contributed by atoms with Crippen LogP contribution in [0.5, 0.6) is 5.75 Å². The summed E-state index contributed by atoms with van der Waals surface area (Å²) in [6, 6.07) is 5.82. The number of thiazole rings is 2. The first-order chi connectivity index (χ1) is 12.6. The number of aryl methyl sites for hydroxylation is 1. The molecule has 0 amide bonds. The van der Waals surface area contributed by atoms with Gasteiger partial charge in [-0.15, -0.1) is 22.7 Å². The molecule has 1 atom stereocenters. The molecular weight excluding hydrogens is 372 g/mol. The lowest BCUT2D eigenvalue weighted by molar-refractivity contribution is 0.0701. The van der Waals surface area contributed by atoms with Gasteiger partial charge in [-0.3, -0.25) is 4.98 Å². The maximum absolute atomic E-state index is 11.3. The van der Waals surface area contributed by atoms with E-state index in [2.05, 4.69) is 9.97 Å². The van der Waals surface area contributed by atoms with E-state index in [-0.39, 0.29) is 11.0 Å². The summed E-state index contributed by atoms with van der Waals surface area (Å²) in [5, 5.41) is 9.95. The maximum Gasteiger partial charge on any atom is 0.347 e. The summed E-state index contributed by atoms with van der Waals surface area (Å²) in [7, 11) is 0. The van der Waals surface area contributed by atoms with Crippen molar-refractivity contribution < 1.29 is 19.4 Å². The number of hydrogen-bond acceptors (Lipinski definition) is 7. The number of rotatable bonds is 5. The molecule has 6 nitrogen and oxygen atoms in total. The molecule has 0 saturated carbocycles. The van der Waals surface area contributed by atoms with Gasteiger partial charge in [0.1, 0.15) is 21.7 Å². The van der Waals surface area contributed by atoms with E-state index in [1.54, 1.807) is 18.6 Å². The first kappa shape index (κ1) is 17.1. The average Bonchev–Trinajstić information content (AvgIpc) is 3.36. The van der Waals surface area contributed by atoms with Crippen LogP contribution < -0.4 is 4.74 Å². The molecule has 1 N–H and O–H groups in total. The smallest absolute Gasteiger partial charge is 0.347 e. The number of carboxylic acid groups (broad SMARTS) is 1. The number of hydrogen-bond donors (Lipinski definition) is 1. The van der Waals surface area contributed by atoms with Gasteiger partial charge in [-0.2, -0.15) is 0 Å². The first-order valence-corrected chi connectivity index (χ1v) is 9.80. The molecule has 4 rings (SSSR count). The molecule has 1 aliphatic rings. The maximum atomic E-state index is 11.3. The number of ether oxygens (including phenoxy) is 2. The van der Waals surface area contributed by atoms with Gasteiger partial charge in [0.15, 0.2) is 0 Å². The summed E-state index contributed by atoms with van der Waals surface area (Å²) in [4.78, 5) is 21.1.